The summed E-state index contributed by atoms with van der Waals surface area (Å²) in [5.41, 5.74) is 2.91. The van der Waals surface area contributed by atoms with Crippen molar-refractivity contribution in [2.75, 3.05) is 13.7 Å². The Morgan fingerprint density at radius 1 is 1.23 bits per heavy atom. The Balaban J connectivity index is 1.86. The number of hydrogen-bond donors (Lipinski definition) is 2. The molecule has 2 aromatic carbocycles. The molecule has 0 aliphatic heterocycles. The summed E-state index contributed by atoms with van der Waals surface area (Å²) in [6, 6.07) is 12.4. The second-order valence-corrected chi connectivity index (χ2v) is 5.03. The van der Waals surface area contributed by atoms with Crippen molar-refractivity contribution in [3.63, 3.8) is 0 Å². The van der Waals surface area contributed by atoms with Gasteiger partial charge in [-0.2, -0.15) is 5.10 Å². The molecule has 0 aromatic heterocycles. The average molecular weight is 356 g/mol. The van der Waals surface area contributed by atoms with Gasteiger partial charge in [-0.25, -0.2) is 5.43 Å². The molecule has 9 heteroatoms. The fraction of sp³-hybridized carbons (Fsp3) is 0.118. The second kappa shape index (κ2) is 8.92. The number of methoxy groups -OCH3 is 1. The van der Waals surface area contributed by atoms with Crippen LogP contribution in [0.3, 0.4) is 0 Å². The van der Waals surface area contributed by atoms with Crippen molar-refractivity contribution in [2.45, 2.75) is 0 Å². The van der Waals surface area contributed by atoms with E-state index in [1.54, 1.807) is 30.3 Å². The van der Waals surface area contributed by atoms with E-state index in [2.05, 4.69) is 15.8 Å². The SMILES string of the molecule is COc1ccccc1C(=O)NCC(=O)NN=Cc1cccc([N+](=O)[O-])c1. The van der Waals surface area contributed by atoms with E-state index in [-0.39, 0.29) is 12.2 Å². The normalized spacial score (nSPS) is 10.3. The number of nitrogens with zero attached hydrogens (tertiary/aromatic N) is 2. The van der Waals surface area contributed by atoms with Gasteiger partial charge in [-0.05, 0) is 12.1 Å². The number of benzene rings is 2. The smallest absolute Gasteiger partial charge is 0.270 e. The van der Waals surface area contributed by atoms with Gasteiger partial charge in [-0.15, -0.1) is 0 Å². The molecular formula is C17H16N4O5. The summed E-state index contributed by atoms with van der Waals surface area (Å²) >= 11 is 0. The van der Waals surface area contributed by atoms with Crippen LogP contribution in [0, 0.1) is 10.1 Å². The third-order valence-corrected chi connectivity index (χ3v) is 3.25. The number of para-hydroxylation sites is 1. The van der Waals surface area contributed by atoms with Crippen molar-refractivity contribution in [3.8, 4) is 5.75 Å². The van der Waals surface area contributed by atoms with Gasteiger partial charge in [0.05, 0.1) is 30.4 Å². The first-order chi connectivity index (χ1) is 12.5. The number of nitrogens with one attached hydrogen (secondary N) is 2. The Morgan fingerprint density at radius 2 is 2.00 bits per heavy atom. The maximum Gasteiger partial charge on any atom is 0.270 e. The molecule has 9 nitrogen and oxygen atoms in total. The van der Waals surface area contributed by atoms with E-state index in [0.29, 0.717) is 16.9 Å². The highest BCUT2D eigenvalue weighted by Crippen LogP contribution is 2.16. The standard InChI is InChI=1S/C17H16N4O5/c1-26-15-8-3-2-7-14(15)17(23)18-11-16(22)20-19-10-12-5-4-6-13(9-12)21(24)25/h2-10H,11H2,1H3,(H,18,23)(H,20,22). The van der Waals surface area contributed by atoms with Crippen LogP contribution in [-0.4, -0.2) is 36.6 Å². The molecule has 2 rings (SSSR count). The van der Waals surface area contributed by atoms with Gasteiger partial charge < -0.3 is 10.1 Å². The van der Waals surface area contributed by atoms with Crippen molar-refractivity contribution in [1.82, 2.24) is 10.7 Å². The predicted octanol–water partition coefficient (Wildman–Crippen LogP) is 1.48. The molecule has 0 fully saturated rings. The zero-order valence-electron chi connectivity index (χ0n) is 13.8. The summed E-state index contributed by atoms with van der Waals surface area (Å²) < 4.78 is 5.08. The Labute approximate surface area is 148 Å². The summed E-state index contributed by atoms with van der Waals surface area (Å²) in [7, 11) is 1.45. The van der Waals surface area contributed by atoms with Crippen LogP contribution in [-0.2, 0) is 4.79 Å². The van der Waals surface area contributed by atoms with Gasteiger partial charge in [-0.1, -0.05) is 24.3 Å². The lowest BCUT2D eigenvalue weighted by Crippen LogP contribution is -2.35. The molecule has 0 bridgehead atoms. The minimum absolute atomic E-state index is 0.0793. The zero-order chi connectivity index (χ0) is 18.9. The van der Waals surface area contributed by atoms with Gasteiger partial charge in [0.25, 0.3) is 17.5 Å². The molecule has 0 aliphatic carbocycles. The number of hydrazone groups is 1. The molecule has 0 aliphatic rings. The number of ether oxygens (including phenoxy) is 1. The number of carbonyl (C=O) groups excluding carboxylic acids is 2. The molecule has 0 heterocycles. The number of rotatable bonds is 7. The number of hydrogen-bond acceptors (Lipinski definition) is 6. The molecule has 0 unspecified atom stereocenters. The van der Waals surface area contributed by atoms with E-state index in [0.717, 1.165) is 0 Å². The first-order valence-corrected chi connectivity index (χ1v) is 7.49. The largest absolute Gasteiger partial charge is 0.496 e. The number of amides is 2. The first-order valence-electron chi connectivity index (χ1n) is 7.49. The Kier molecular flexibility index (Phi) is 6.38. The molecule has 0 saturated carbocycles. The van der Waals surface area contributed by atoms with E-state index >= 15 is 0 Å². The van der Waals surface area contributed by atoms with E-state index < -0.39 is 16.7 Å². The van der Waals surface area contributed by atoms with Gasteiger partial charge in [-0.3, -0.25) is 19.7 Å². The van der Waals surface area contributed by atoms with Crippen LogP contribution >= 0.6 is 0 Å². The van der Waals surface area contributed by atoms with Crippen LogP contribution in [0.25, 0.3) is 0 Å². The van der Waals surface area contributed by atoms with Crippen LogP contribution in [0.4, 0.5) is 5.69 Å². The number of nitro groups is 1. The monoisotopic (exact) mass is 356 g/mol. The molecule has 0 radical (unpaired) electrons. The summed E-state index contributed by atoms with van der Waals surface area (Å²) in [6.45, 7) is -0.289. The van der Waals surface area contributed by atoms with E-state index in [1.165, 1.54) is 31.5 Å². The minimum Gasteiger partial charge on any atom is -0.496 e. The highest BCUT2D eigenvalue weighted by molar-refractivity contribution is 5.98. The Morgan fingerprint density at radius 3 is 2.73 bits per heavy atom. The van der Waals surface area contributed by atoms with Crippen molar-refractivity contribution in [1.29, 1.82) is 0 Å². The van der Waals surface area contributed by atoms with Crippen LogP contribution in [0.2, 0.25) is 0 Å². The third-order valence-electron chi connectivity index (χ3n) is 3.25. The van der Waals surface area contributed by atoms with Crippen molar-refractivity contribution >= 4 is 23.7 Å². The predicted molar refractivity (Wildman–Crippen MR) is 94.2 cm³/mol. The topological polar surface area (TPSA) is 123 Å². The molecule has 2 N–H and O–H groups in total. The average Bonchev–Trinajstić information content (AvgIpc) is 2.66. The van der Waals surface area contributed by atoms with Crippen LogP contribution in [0.5, 0.6) is 5.75 Å². The molecule has 26 heavy (non-hydrogen) atoms. The van der Waals surface area contributed by atoms with Gasteiger partial charge >= 0.3 is 0 Å². The van der Waals surface area contributed by atoms with Crippen LogP contribution < -0.4 is 15.5 Å². The van der Waals surface area contributed by atoms with E-state index in [4.69, 9.17) is 4.74 Å². The van der Waals surface area contributed by atoms with E-state index in [1.807, 2.05) is 0 Å². The van der Waals surface area contributed by atoms with Gasteiger partial charge in [0, 0.05) is 17.7 Å². The van der Waals surface area contributed by atoms with Gasteiger partial charge in [0.15, 0.2) is 0 Å². The molecule has 2 amide bonds. The minimum atomic E-state index is -0.546. The molecule has 0 atom stereocenters. The summed E-state index contributed by atoms with van der Waals surface area (Å²) in [5, 5.41) is 16.8. The molecule has 134 valence electrons. The quantitative estimate of drug-likeness (QED) is 0.442. The highest BCUT2D eigenvalue weighted by Gasteiger charge is 2.12. The van der Waals surface area contributed by atoms with Crippen LogP contribution in [0.15, 0.2) is 53.6 Å². The molecule has 0 spiro atoms. The number of nitro benzene ring substituents is 1. The molecule has 0 saturated heterocycles. The van der Waals surface area contributed by atoms with Gasteiger partial charge in [0.1, 0.15) is 5.75 Å². The lowest BCUT2D eigenvalue weighted by molar-refractivity contribution is -0.384. The maximum absolute atomic E-state index is 12.1. The van der Waals surface area contributed by atoms with E-state index in [9.17, 15) is 19.7 Å². The number of non-ortho nitro benzene ring substituents is 1. The summed E-state index contributed by atoms with van der Waals surface area (Å²) in [6.07, 6.45) is 1.27. The lowest BCUT2D eigenvalue weighted by atomic mass is 10.2. The molecule has 2 aromatic rings. The zero-order valence-corrected chi connectivity index (χ0v) is 13.8. The third kappa shape index (κ3) is 5.13. The second-order valence-electron chi connectivity index (χ2n) is 5.03. The van der Waals surface area contributed by atoms with Crippen LogP contribution in [0.1, 0.15) is 15.9 Å². The number of carbonyl (C=O) groups is 2. The highest BCUT2D eigenvalue weighted by atomic mass is 16.6. The fourth-order valence-electron chi connectivity index (χ4n) is 2.03. The maximum atomic E-state index is 12.1. The van der Waals surface area contributed by atoms with Crippen molar-refractivity contribution in [3.05, 3.63) is 69.8 Å². The lowest BCUT2D eigenvalue weighted by Gasteiger charge is -2.08. The summed E-state index contributed by atoms with van der Waals surface area (Å²) in [4.78, 5) is 33.9. The van der Waals surface area contributed by atoms with Crippen molar-refractivity contribution < 1.29 is 19.2 Å². The van der Waals surface area contributed by atoms with Gasteiger partial charge in [0.2, 0.25) is 0 Å². The van der Waals surface area contributed by atoms with Crippen molar-refractivity contribution in [2.24, 2.45) is 5.10 Å². The molecular weight excluding hydrogens is 340 g/mol. The Hall–Kier alpha value is -3.75. The Bertz CT molecular complexity index is 851. The first kappa shape index (κ1) is 18.6. The fourth-order valence-corrected chi connectivity index (χ4v) is 2.03. The summed E-state index contributed by atoms with van der Waals surface area (Å²) in [5.74, 6) is -0.607.